The molecule has 8 nitrogen and oxygen atoms in total. The third kappa shape index (κ3) is 9.08. The van der Waals surface area contributed by atoms with E-state index in [1.54, 1.807) is 28.4 Å². The van der Waals surface area contributed by atoms with Crippen molar-refractivity contribution in [3.63, 3.8) is 0 Å². The fourth-order valence-corrected chi connectivity index (χ4v) is 6.14. The Morgan fingerprint density at radius 2 is 0.500 bits per heavy atom. The molecule has 0 amide bonds. The van der Waals surface area contributed by atoms with Crippen LogP contribution >= 0.6 is 0 Å². The molecule has 8 heteroatoms. The van der Waals surface area contributed by atoms with Crippen LogP contribution in [0.25, 0.3) is 0 Å². The zero-order valence-corrected chi connectivity index (χ0v) is 28.7. The van der Waals surface area contributed by atoms with Gasteiger partial charge in [0.05, 0.1) is 26.4 Å². The molecule has 256 valence electrons. The smallest absolute Gasteiger partial charge is 0.126 e. The van der Waals surface area contributed by atoms with Crippen molar-refractivity contribution < 1.29 is 37.9 Å². The lowest BCUT2D eigenvalue weighted by Gasteiger charge is -2.22. The van der Waals surface area contributed by atoms with Gasteiger partial charge in [0.2, 0.25) is 0 Å². The summed E-state index contributed by atoms with van der Waals surface area (Å²) in [4.78, 5) is 0. The van der Waals surface area contributed by atoms with Gasteiger partial charge in [0.15, 0.2) is 0 Å². The van der Waals surface area contributed by atoms with Crippen LogP contribution in [0, 0.1) is 0 Å². The zero-order chi connectivity index (χ0) is 33.6. The third-order valence-corrected chi connectivity index (χ3v) is 8.37. The Bertz CT molecular complexity index is 1280. The van der Waals surface area contributed by atoms with E-state index in [-0.39, 0.29) is 0 Å². The molecule has 5 rings (SSSR count). The van der Waals surface area contributed by atoms with Crippen LogP contribution in [0.2, 0.25) is 0 Å². The molecule has 0 aliphatic heterocycles. The van der Waals surface area contributed by atoms with E-state index < -0.39 is 0 Å². The summed E-state index contributed by atoms with van der Waals surface area (Å²) in [6.45, 7) is 3.71. The molecule has 0 aromatic heterocycles. The summed E-state index contributed by atoms with van der Waals surface area (Å²) in [7, 11) is 6.75. The van der Waals surface area contributed by atoms with Gasteiger partial charge in [0.1, 0.15) is 49.4 Å². The lowest BCUT2D eigenvalue weighted by atomic mass is 9.91. The molecule has 1 aliphatic rings. The number of para-hydroxylation sites is 4. The summed E-state index contributed by atoms with van der Waals surface area (Å²) in [6, 6.07) is 25.5. The van der Waals surface area contributed by atoms with E-state index in [2.05, 4.69) is 72.8 Å². The molecule has 0 radical (unpaired) electrons. The maximum absolute atomic E-state index is 6.50. The molecule has 0 fully saturated rings. The Morgan fingerprint density at radius 1 is 0.312 bits per heavy atom. The van der Waals surface area contributed by atoms with Gasteiger partial charge in [-0.2, -0.15) is 0 Å². The first-order valence-electron chi connectivity index (χ1n) is 16.6. The number of ether oxygens (including phenoxy) is 8. The Hall–Kier alpha value is -4.08. The number of hydrogen-bond donors (Lipinski definition) is 0. The van der Waals surface area contributed by atoms with Crippen LogP contribution in [-0.4, -0.2) is 81.3 Å². The van der Waals surface area contributed by atoms with Gasteiger partial charge in [0.25, 0.3) is 0 Å². The highest BCUT2D eigenvalue weighted by atomic mass is 16.5. The molecule has 4 aromatic carbocycles. The molecule has 48 heavy (non-hydrogen) atoms. The molecule has 1 aliphatic carbocycles. The Kier molecular flexibility index (Phi) is 13.5. The minimum Gasteiger partial charge on any atom is -0.491 e. The minimum atomic E-state index is 0.440. The van der Waals surface area contributed by atoms with E-state index in [4.69, 9.17) is 37.9 Å². The fourth-order valence-electron chi connectivity index (χ4n) is 6.14. The van der Waals surface area contributed by atoms with Gasteiger partial charge in [-0.05, 0) is 44.5 Å². The van der Waals surface area contributed by atoms with Crippen LogP contribution in [0.4, 0.5) is 0 Å². The van der Waals surface area contributed by atoms with Crippen LogP contribution in [0.1, 0.15) is 44.5 Å². The van der Waals surface area contributed by atoms with E-state index in [1.807, 2.05) is 0 Å². The predicted molar refractivity (Wildman–Crippen MR) is 186 cm³/mol. The first-order chi connectivity index (χ1) is 23.7. The highest BCUT2D eigenvalue weighted by Gasteiger charge is 2.21. The number of rotatable bonds is 16. The number of hydrogen-bond acceptors (Lipinski definition) is 8. The molecule has 8 bridgehead atoms. The van der Waals surface area contributed by atoms with Crippen LogP contribution in [0.15, 0.2) is 72.8 Å². The summed E-state index contributed by atoms with van der Waals surface area (Å²) in [5.74, 6) is 3.45. The fraction of sp³-hybridized carbons (Fsp3) is 0.400. The van der Waals surface area contributed by atoms with Gasteiger partial charge in [-0.1, -0.05) is 72.8 Å². The molecule has 4 aromatic rings. The first kappa shape index (κ1) is 35.2. The zero-order valence-electron chi connectivity index (χ0n) is 28.7. The standard InChI is InChI=1S/C40H48O8/c1-41-17-21-45-37-29-9-5-10-30(37)26-32-12-7-14-34(39(32)47-23-19-43-3)28-36-16-8-15-35(40(36)48-24-20-44-4)27-33-13-6-11-31(25-29)38(33)46-22-18-42-2/h5-16H,17-28H2,1-4H3. The lowest BCUT2D eigenvalue weighted by Crippen LogP contribution is -2.13. The molecule has 0 N–H and O–H groups in total. The van der Waals surface area contributed by atoms with Crippen LogP contribution < -0.4 is 18.9 Å². The molecule has 0 unspecified atom stereocenters. The Labute approximate surface area is 284 Å². The van der Waals surface area contributed by atoms with Crippen molar-refractivity contribution in [2.75, 3.05) is 81.3 Å². The summed E-state index contributed by atoms with van der Waals surface area (Å²) in [5.41, 5.74) is 8.62. The third-order valence-electron chi connectivity index (χ3n) is 8.37. The minimum absolute atomic E-state index is 0.440. The number of fused-ring (bicyclic) bond motifs is 8. The molecule has 0 spiro atoms. The van der Waals surface area contributed by atoms with Gasteiger partial charge < -0.3 is 37.9 Å². The Morgan fingerprint density at radius 3 is 0.667 bits per heavy atom. The van der Waals surface area contributed by atoms with E-state index in [0.717, 1.165) is 67.5 Å². The van der Waals surface area contributed by atoms with Crippen molar-refractivity contribution in [3.05, 3.63) is 117 Å². The van der Waals surface area contributed by atoms with Gasteiger partial charge in [-0.25, -0.2) is 0 Å². The lowest BCUT2D eigenvalue weighted by molar-refractivity contribution is 0.144. The maximum Gasteiger partial charge on any atom is 0.126 e. The number of methoxy groups -OCH3 is 4. The summed E-state index contributed by atoms with van der Waals surface area (Å²) >= 11 is 0. The van der Waals surface area contributed by atoms with E-state index in [0.29, 0.717) is 78.5 Å². The SMILES string of the molecule is COCCOc1c2cccc1Cc1cccc(c1OCCOC)Cc1cccc(c1OCCOC)Cc1cccc(c1OCCOC)C2. The van der Waals surface area contributed by atoms with Crippen molar-refractivity contribution in [1.82, 2.24) is 0 Å². The van der Waals surface area contributed by atoms with E-state index in [9.17, 15) is 0 Å². The Balaban J connectivity index is 1.70. The molecule has 0 saturated carbocycles. The van der Waals surface area contributed by atoms with Crippen molar-refractivity contribution in [3.8, 4) is 23.0 Å². The van der Waals surface area contributed by atoms with Crippen LogP contribution in [0.3, 0.4) is 0 Å². The molecule has 0 atom stereocenters. The monoisotopic (exact) mass is 656 g/mol. The number of benzene rings is 4. The molecule has 0 saturated heterocycles. The second kappa shape index (κ2) is 18.5. The maximum atomic E-state index is 6.50. The normalized spacial score (nSPS) is 12.4. The average molecular weight is 657 g/mol. The van der Waals surface area contributed by atoms with Gasteiger partial charge in [-0.15, -0.1) is 0 Å². The first-order valence-corrected chi connectivity index (χ1v) is 16.6. The quantitative estimate of drug-likeness (QED) is 0.112. The molecule has 0 heterocycles. The molecular formula is C40H48O8. The van der Waals surface area contributed by atoms with Gasteiger partial charge in [0, 0.05) is 54.1 Å². The van der Waals surface area contributed by atoms with E-state index >= 15 is 0 Å². The largest absolute Gasteiger partial charge is 0.491 e. The summed E-state index contributed by atoms with van der Waals surface area (Å²) in [6.07, 6.45) is 2.50. The van der Waals surface area contributed by atoms with Gasteiger partial charge in [-0.3, -0.25) is 0 Å². The highest BCUT2D eigenvalue weighted by molar-refractivity contribution is 5.56. The summed E-state index contributed by atoms with van der Waals surface area (Å²) < 4.78 is 47.4. The van der Waals surface area contributed by atoms with Crippen LogP contribution in [0.5, 0.6) is 23.0 Å². The van der Waals surface area contributed by atoms with Gasteiger partial charge >= 0.3 is 0 Å². The second-order valence-electron chi connectivity index (χ2n) is 11.7. The second-order valence-corrected chi connectivity index (χ2v) is 11.7. The van der Waals surface area contributed by atoms with Crippen LogP contribution in [-0.2, 0) is 44.6 Å². The molecular weight excluding hydrogens is 608 g/mol. The highest BCUT2D eigenvalue weighted by Crippen LogP contribution is 2.38. The summed E-state index contributed by atoms with van der Waals surface area (Å²) in [5, 5.41) is 0. The van der Waals surface area contributed by atoms with Crippen molar-refractivity contribution in [2.24, 2.45) is 0 Å². The topological polar surface area (TPSA) is 73.8 Å². The van der Waals surface area contributed by atoms with E-state index in [1.165, 1.54) is 0 Å². The van der Waals surface area contributed by atoms with Crippen molar-refractivity contribution in [2.45, 2.75) is 25.7 Å². The van der Waals surface area contributed by atoms with Crippen molar-refractivity contribution >= 4 is 0 Å². The van der Waals surface area contributed by atoms with Crippen molar-refractivity contribution in [1.29, 1.82) is 0 Å². The predicted octanol–water partition coefficient (Wildman–Crippen LogP) is 6.46. The average Bonchev–Trinajstić information content (AvgIpc) is 3.09.